The van der Waals surface area contributed by atoms with Crippen LogP contribution in [0, 0.1) is 6.92 Å². The highest BCUT2D eigenvalue weighted by Gasteiger charge is 2.19. The van der Waals surface area contributed by atoms with Gasteiger partial charge in [-0.05, 0) is 49.4 Å². The first-order valence-corrected chi connectivity index (χ1v) is 9.67. The number of ether oxygens (including phenoxy) is 1. The molecule has 0 bridgehead atoms. The lowest BCUT2D eigenvalue weighted by molar-refractivity contribution is 0.101. The van der Waals surface area contributed by atoms with E-state index >= 15 is 0 Å². The maximum atomic E-state index is 12.8. The summed E-state index contributed by atoms with van der Waals surface area (Å²) in [7, 11) is 1.61. The number of carbonyl (C=O) groups is 1. The standard InChI is InChI=1S/C23H19ClN4O2/c1-15-6-5-7-16(14-15)22-26-21(23(29)25-20-9-4-3-8-19(20)24)27-28(22)17-10-12-18(30-2)13-11-17/h3-14H,1-2H3,(H,25,29). The van der Waals surface area contributed by atoms with Crippen LogP contribution >= 0.6 is 11.6 Å². The monoisotopic (exact) mass is 418 g/mol. The van der Waals surface area contributed by atoms with E-state index in [9.17, 15) is 4.79 Å². The van der Waals surface area contributed by atoms with Gasteiger partial charge >= 0.3 is 0 Å². The number of hydrogen-bond acceptors (Lipinski definition) is 4. The highest BCUT2D eigenvalue weighted by Crippen LogP contribution is 2.25. The zero-order valence-electron chi connectivity index (χ0n) is 16.5. The Morgan fingerprint density at radius 1 is 1.03 bits per heavy atom. The van der Waals surface area contributed by atoms with Crippen LogP contribution < -0.4 is 10.1 Å². The Morgan fingerprint density at radius 2 is 1.80 bits per heavy atom. The Bertz CT molecular complexity index is 1200. The van der Waals surface area contributed by atoms with E-state index in [1.165, 1.54) is 0 Å². The molecule has 0 fully saturated rings. The minimum atomic E-state index is -0.440. The molecule has 0 unspecified atom stereocenters. The summed E-state index contributed by atoms with van der Waals surface area (Å²) in [5, 5.41) is 7.69. The normalized spacial score (nSPS) is 10.6. The number of rotatable bonds is 5. The van der Waals surface area contributed by atoms with Crippen molar-refractivity contribution in [3.05, 3.63) is 89.2 Å². The SMILES string of the molecule is COc1ccc(-n2nc(C(=O)Nc3ccccc3Cl)nc2-c2cccc(C)c2)cc1. The number of nitrogens with zero attached hydrogens (tertiary/aromatic N) is 3. The van der Waals surface area contributed by atoms with Crippen LogP contribution in [0.15, 0.2) is 72.8 Å². The number of benzene rings is 3. The van der Waals surface area contributed by atoms with Crippen molar-refractivity contribution < 1.29 is 9.53 Å². The van der Waals surface area contributed by atoms with Crippen molar-refractivity contribution in [1.82, 2.24) is 14.8 Å². The first kappa shape index (κ1) is 19.7. The van der Waals surface area contributed by atoms with Gasteiger partial charge in [0.25, 0.3) is 5.91 Å². The predicted molar refractivity (Wildman–Crippen MR) is 117 cm³/mol. The Kier molecular flexibility index (Phi) is 5.50. The maximum absolute atomic E-state index is 12.8. The molecule has 3 aromatic carbocycles. The minimum Gasteiger partial charge on any atom is -0.497 e. The van der Waals surface area contributed by atoms with E-state index in [4.69, 9.17) is 16.3 Å². The van der Waals surface area contributed by atoms with E-state index in [0.29, 0.717) is 16.5 Å². The van der Waals surface area contributed by atoms with Crippen LogP contribution in [-0.4, -0.2) is 27.8 Å². The van der Waals surface area contributed by atoms with E-state index in [2.05, 4.69) is 15.4 Å². The summed E-state index contributed by atoms with van der Waals surface area (Å²) >= 11 is 6.16. The fourth-order valence-electron chi connectivity index (χ4n) is 3.02. The van der Waals surface area contributed by atoms with Crippen LogP contribution in [0.25, 0.3) is 17.1 Å². The molecule has 0 spiro atoms. The third kappa shape index (κ3) is 4.04. The fraction of sp³-hybridized carbons (Fsp3) is 0.0870. The fourth-order valence-corrected chi connectivity index (χ4v) is 3.21. The van der Waals surface area contributed by atoms with Gasteiger partial charge in [0.15, 0.2) is 5.82 Å². The Labute approximate surface area is 179 Å². The summed E-state index contributed by atoms with van der Waals surface area (Å²) < 4.78 is 6.88. The first-order chi connectivity index (χ1) is 14.5. The molecule has 1 heterocycles. The molecule has 0 aliphatic carbocycles. The zero-order valence-corrected chi connectivity index (χ0v) is 17.2. The molecule has 0 aliphatic rings. The molecule has 1 N–H and O–H groups in total. The number of amides is 1. The van der Waals surface area contributed by atoms with Crippen molar-refractivity contribution in [2.75, 3.05) is 12.4 Å². The van der Waals surface area contributed by atoms with Crippen molar-refractivity contribution in [1.29, 1.82) is 0 Å². The number of hydrogen-bond donors (Lipinski definition) is 1. The van der Waals surface area contributed by atoms with Gasteiger partial charge in [-0.2, -0.15) is 0 Å². The number of methoxy groups -OCH3 is 1. The summed E-state index contributed by atoms with van der Waals surface area (Å²) in [6, 6.07) is 22.3. The summed E-state index contributed by atoms with van der Waals surface area (Å²) in [4.78, 5) is 17.4. The van der Waals surface area contributed by atoms with E-state index in [1.54, 1.807) is 36.1 Å². The van der Waals surface area contributed by atoms with Crippen LogP contribution in [0.1, 0.15) is 16.2 Å². The highest BCUT2D eigenvalue weighted by atomic mass is 35.5. The topological polar surface area (TPSA) is 69.0 Å². The van der Waals surface area contributed by atoms with E-state index in [1.807, 2.05) is 55.5 Å². The molecular weight excluding hydrogens is 400 g/mol. The molecule has 0 saturated carbocycles. The zero-order chi connectivity index (χ0) is 21.1. The third-order valence-electron chi connectivity index (χ3n) is 4.53. The van der Waals surface area contributed by atoms with Gasteiger partial charge in [-0.3, -0.25) is 4.79 Å². The first-order valence-electron chi connectivity index (χ1n) is 9.29. The number of carbonyl (C=O) groups excluding carboxylic acids is 1. The van der Waals surface area contributed by atoms with Gasteiger partial charge in [-0.15, -0.1) is 5.10 Å². The lowest BCUT2D eigenvalue weighted by atomic mass is 10.1. The highest BCUT2D eigenvalue weighted by molar-refractivity contribution is 6.33. The van der Waals surface area contributed by atoms with Crippen molar-refractivity contribution in [3.63, 3.8) is 0 Å². The van der Waals surface area contributed by atoms with Crippen LogP contribution in [-0.2, 0) is 0 Å². The number of halogens is 1. The van der Waals surface area contributed by atoms with Gasteiger partial charge in [0.1, 0.15) is 5.75 Å². The summed E-state index contributed by atoms with van der Waals surface area (Å²) in [5.41, 5.74) is 3.20. The molecule has 0 atom stereocenters. The molecule has 4 aromatic rings. The average molecular weight is 419 g/mol. The van der Waals surface area contributed by atoms with Crippen molar-refractivity contribution in [2.45, 2.75) is 6.92 Å². The quantitative estimate of drug-likeness (QED) is 0.486. The van der Waals surface area contributed by atoms with Gasteiger partial charge in [0, 0.05) is 5.56 Å². The van der Waals surface area contributed by atoms with Crippen LogP contribution in [0.2, 0.25) is 5.02 Å². The number of nitrogens with one attached hydrogen (secondary N) is 1. The minimum absolute atomic E-state index is 0.0437. The Hall–Kier alpha value is -3.64. The lowest BCUT2D eigenvalue weighted by Gasteiger charge is -2.07. The molecule has 30 heavy (non-hydrogen) atoms. The van der Waals surface area contributed by atoms with Gasteiger partial charge in [-0.25, -0.2) is 9.67 Å². The molecule has 7 heteroatoms. The molecule has 0 aliphatic heterocycles. The van der Waals surface area contributed by atoms with E-state index in [-0.39, 0.29) is 5.82 Å². The summed E-state index contributed by atoms with van der Waals surface area (Å²) in [5.74, 6) is 0.896. The van der Waals surface area contributed by atoms with Crippen LogP contribution in [0.4, 0.5) is 5.69 Å². The second kappa shape index (κ2) is 8.39. The molecule has 4 rings (SSSR count). The van der Waals surface area contributed by atoms with Crippen LogP contribution in [0.5, 0.6) is 5.75 Å². The molecule has 1 aromatic heterocycles. The smallest absolute Gasteiger partial charge is 0.295 e. The molecule has 150 valence electrons. The van der Waals surface area contributed by atoms with Crippen molar-refractivity contribution in [3.8, 4) is 22.8 Å². The second-order valence-corrected chi connectivity index (χ2v) is 7.08. The van der Waals surface area contributed by atoms with Crippen molar-refractivity contribution >= 4 is 23.2 Å². The number of aryl methyl sites for hydroxylation is 1. The Morgan fingerprint density at radius 3 is 2.50 bits per heavy atom. The van der Waals surface area contributed by atoms with Gasteiger partial charge in [-0.1, -0.05) is 47.5 Å². The number of para-hydroxylation sites is 1. The van der Waals surface area contributed by atoms with Gasteiger partial charge in [0.2, 0.25) is 5.82 Å². The van der Waals surface area contributed by atoms with Gasteiger partial charge < -0.3 is 10.1 Å². The maximum Gasteiger partial charge on any atom is 0.295 e. The summed E-state index contributed by atoms with van der Waals surface area (Å²) in [6.45, 7) is 2.00. The van der Waals surface area contributed by atoms with Gasteiger partial charge in [0.05, 0.1) is 23.5 Å². The molecule has 6 nitrogen and oxygen atoms in total. The molecule has 1 amide bonds. The number of anilines is 1. The molecule has 0 saturated heterocycles. The largest absolute Gasteiger partial charge is 0.497 e. The van der Waals surface area contributed by atoms with Crippen molar-refractivity contribution in [2.24, 2.45) is 0 Å². The molecular formula is C23H19ClN4O2. The Balaban J connectivity index is 1.77. The number of aromatic nitrogens is 3. The van der Waals surface area contributed by atoms with Crippen LogP contribution in [0.3, 0.4) is 0 Å². The predicted octanol–water partition coefficient (Wildman–Crippen LogP) is 5.16. The summed E-state index contributed by atoms with van der Waals surface area (Å²) in [6.07, 6.45) is 0. The third-order valence-corrected chi connectivity index (χ3v) is 4.86. The lowest BCUT2D eigenvalue weighted by Crippen LogP contribution is -2.14. The average Bonchev–Trinajstić information content (AvgIpc) is 3.21. The van der Waals surface area contributed by atoms with E-state index < -0.39 is 5.91 Å². The molecule has 0 radical (unpaired) electrons. The van der Waals surface area contributed by atoms with E-state index in [0.717, 1.165) is 22.6 Å². The second-order valence-electron chi connectivity index (χ2n) is 6.67.